The summed E-state index contributed by atoms with van der Waals surface area (Å²) in [5, 5.41) is 136. The molecule has 18 unspecified atom stereocenters. The molecule has 0 aromatic rings. The second kappa shape index (κ2) is 51.0. The lowest BCUT2D eigenvalue weighted by atomic mass is 9.88. The first-order valence-corrected chi connectivity index (χ1v) is 36.9. The highest BCUT2D eigenvalue weighted by atomic mass is 16.8. The van der Waals surface area contributed by atoms with Gasteiger partial charge in [-0.15, -0.1) is 0 Å². The van der Waals surface area contributed by atoms with Crippen molar-refractivity contribution in [3.8, 4) is 0 Å². The van der Waals surface area contributed by atoms with Crippen LogP contribution in [-0.4, -0.2) is 215 Å². The Hall–Kier alpha value is -2.27. The predicted octanol–water partition coefficient (Wildman–Crippen LogP) is 7.68. The summed E-state index contributed by atoms with van der Waals surface area (Å²) >= 11 is 0. The van der Waals surface area contributed by atoms with Crippen molar-refractivity contribution in [1.29, 1.82) is 0 Å². The smallest absolute Gasteiger partial charge is 0.364 e. The fourth-order valence-corrected chi connectivity index (χ4v) is 13.2. The van der Waals surface area contributed by atoms with E-state index in [0.29, 0.717) is 19.3 Å². The van der Waals surface area contributed by atoms with Crippen molar-refractivity contribution in [1.82, 2.24) is 10.6 Å². The summed E-state index contributed by atoms with van der Waals surface area (Å²) in [4.78, 5) is 38.6. The first-order valence-electron chi connectivity index (χ1n) is 36.9. The number of carboxylic acids is 1. The Labute approximate surface area is 557 Å². The molecule has 23 nitrogen and oxygen atoms in total. The molecule has 3 heterocycles. The Morgan fingerprint density at radius 2 is 0.935 bits per heavy atom. The lowest BCUT2D eigenvalue weighted by Gasteiger charge is -2.50. The summed E-state index contributed by atoms with van der Waals surface area (Å²) < 4.78 is 34.9. The lowest BCUT2D eigenvalue weighted by Crippen LogP contribution is -2.70. The maximum absolute atomic E-state index is 13.5. The average Bonchev–Trinajstić information content (AvgIpc) is 0.765. The predicted molar refractivity (Wildman–Crippen MR) is 352 cm³/mol. The number of aliphatic carboxylic acids is 1. The summed E-state index contributed by atoms with van der Waals surface area (Å²) in [5.41, 5.74) is 0. The number of ether oxygens (including phenoxy) is 6. The van der Waals surface area contributed by atoms with Crippen molar-refractivity contribution in [2.75, 3.05) is 26.4 Å². The minimum atomic E-state index is -3.08. The van der Waals surface area contributed by atoms with Gasteiger partial charge in [0.2, 0.25) is 11.8 Å². The molecule has 0 radical (unpaired) electrons. The third kappa shape index (κ3) is 33.0. The third-order valence-electron chi connectivity index (χ3n) is 19.1. The standard InChI is InChI=1S/C70H132N2O21/c1-4-6-8-10-12-14-16-18-20-22-24-26-27-29-31-33-35-37-39-41-43-52(77)51(72-57(80)44-42-40-38-36-34-32-30-28-25-23-21-19-17-15-13-11-9-7-5-2)49-88-67-62(84)61(83)64(56(48-75)90-67)91-68-63(85)66(60(82)55(47-74)89-68)93-70(69(86)87)45-53(78)58(71-50(3)76)65(92-70)59(81)54(79)46-73/h51-56,58-68,73-75,77-79,81-85H,4-49H2,1-3H3,(H,71,76)(H,72,80)(H,86,87). The molecule has 0 spiro atoms. The van der Waals surface area contributed by atoms with Crippen LogP contribution in [0.1, 0.15) is 290 Å². The van der Waals surface area contributed by atoms with E-state index >= 15 is 0 Å². The van der Waals surface area contributed by atoms with E-state index in [0.717, 1.165) is 51.9 Å². The number of carbonyl (C=O) groups excluding carboxylic acids is 2. The molecule has 3 saturated heterocycles. The van der Waals surface area contributed by atoms with E-state index in [2.05, 4.69) is 24.5 Å². The molecule has 0 aromatic heterocycles. The van der Waals surface area contributed by atoms with Gasteiger partial charge in [0.1, 0.15) is 67.1 Å². The van der Waals surface area contributed by atoms with E-state index in [1.807, 2.05) is 0 Å². The number of amides is 2. The third-order valence-corrected chi connectivity index (χ3v) is 19.1. The number of aliphatic hydroxyl groups is 11. The van der Waals surface area contributed by atoms with Crippen LogP contribution >= 0.6 is 0 Å². The van der Waals surface area contributed by atoms with Gasteiger partial charge in [0, 0.05) is 19.8 Å². The quantitative estimate of drug-likeness (QED) is 0.0260. The molecule has 0 bridgehead atoms. The SMILES string of the molecule is CCCCCCCCCCCCCCCCCCCCCCC(O)C(COC1OC(CO)C(OC2OC(CO)C(O)C(OC3(C(=O)O)CC(O)C(NC(C)=O)C(C(O)C(O)CO)O3)C2O)C(O)C1O)NC(=O)CCCCCCCCCCCCCCCCCCCCC. The van der Waals surface area contributed by atoms with Gasteiger partial charge in [0.15, 0.2) is 12.6 Å². The normalized spacial score (nSPS) is 28.0. The topological polar surface area (TPSA) is 373 Å². The minimum absolute atomic E-state index is 0.229. The van der Waals surface area contributed by atoms with Crippen LogP contribution in [0.3, 0.4) is 0 Å². The second-order valence-electron chi connectivity index (χ2n) is 27.2. The van der Waals surface area contributed by atoms with Crippen molar-refractivity contribution in [2.24, 2.45) is 0 Å². The van der Waals surface area contributed by atoms with Crippen LogP contribution in [0.25, 0.3) is 0 Å². The summed E-state index contributed by atoms with van der Waals surface area (Å²) in [5.74, 6) is -6.09. The van der Waals surface area contributed by atoms with Crippen LogP contribution in [0.2, 0.25) is 0 Å². The van der Waals surface area contributed by atoms with Gasteiger partial charge in [-0.3, -0.25) is 9.59 Å². The Morgan fingerprint density at radius 1 is 0.516 bits per heavy atom. The highest BCUT2D eigenvalue weighted by molar-refractivity contribution is 5.77. The summed E-state index contributed by atoms with van der Waals surface area (Å²) in [6, 6.07) is -2.52. The molecular formula is C70H132N2O21. The number of aliphatic hydroxyl groups excluding tert-OH is 11. The number of unbranched alkanes of at least 4 members (excludes halogenated alkanes) is 37. The lowest BCUT2D eigenvalue weighted by molar-refractivity contribution is -0.386. The van der Waals surface area contributed by atoms with E-state index in [4.69, 9.17) is 28.4 Å². The maximum Gasteiger partial charge on any atom is 0.364 e. The molecule has 3 aliphatic heterocycles. The molecule has 3 rings (SSSR count). The summed E-state index contributed by atoms with van der Waals surface area (Å²) in [6.45, 7) is 2.25. The van der Waals surface area contributed by atoms with Gasteiger partial charge >= 0.3 is 5.97 Å². The number of nitrogens with one attached hydrogen (secondary N) is 2. The van der Waals surface area contributed by atoms with Gasteiger partial charge in [-0.05, 0) is 12.8 Å². The zero-order chi connectivity index (χ0) is 68.2. The minimum Gasteiger partial charge on any atom is -0.477 e. The van der Waals surface area contributed by atoms with Crippen LogP contribution in [0.4, 0.5) is 0 Å². The molecule has 548 valence electrons. The van der Waals surface area contributed by atoms with E-state index in [9.17, 15) is 75.7 Å². The zero-order valence-electron chi connectivity index (χ0n) is 57.4. The molecule has 2 amide bonds. The van der Waals surface area contributed by atoms with Crippen molar-refractivity contribution >= 4 is 17.8 Å². The fourth-order valence-electron chi connectivity index (χ4n) is 13.2. The Balaban J connectivity index is 1.57. The number of hydrogen-bond acceptors (Lipinski definition) is 20. The molecule has 93 heavy (non-hydrogen) atoms. The number of carboxylic acid groups (broad SMARTS) is 1. The Kier molecular flexibility index (Phi) is 46.6. The molecule has 18 atom stereocenters. The van der Waals surface area contributed by atoms with Gasteiger partial charge in [-0.2, -0.15) is 0 Å². The van der Waals surface area contributed by atoms with E-state index in [1.165, 1.54) is 193 Å². The van der Waals surface area contributed by atoms with Gasteiger partial charge in [-0.25, -0.2) is 4.79 Å². The van der Waals surface area contributed by atoms with E-state index in [-0.39, 0.29) is 18.9 Å². The average molecular weight is 1340 g/mol. The molecule has 0 aliphatic carbocycles. The van der Waals surface area contributed by atoms with Gasteiger partial charge < -0.3 is 100 Å². The highest BCUT2D eigenvalue weighted by Gasteiger charge is 2.60. The van der Waals surface area contributed by atoms with Crippen LogP contribution in [0, 0.1) is 0 Å². The Bertz CT molecular complexity index is 1880. The van der Waals surface area contributed by atoms with Crippen LogP contribution in [0.15, 0.2) is 0 Å². The van der Waals surface area contributed by atoms with Crippen molar-refractivity contribution in [3.05, 3.63) is 0 Å². The molecular weight excluding hydrogens is 1200 g/mol. The summed E-state index contributed by atoms with van der Waals surface area (Å²) in [7, 11) is 0. The van der Waals surface area contributed by atoms with Crippen molar-refractivity contribution in [3.63, 3.8) is 0 Å². The number of rotatable bonds is 57. The van der Waals surface area contributed by atoms with Crippen molar-refractivity contribution < 1.29 is 104 Å². The second-order valence-corrected chi connectivity index (χ2v) is 27.2. The molecule has 0 aromatic carbocycles. The number of hydrogen-bond donors (Lipinski definition) is 14. The monoisotopic (exact) mass is 1340 g/mol. The van der Waals surface area contributed by atoms with Crippen LogP contribution in [-0.2, 0) is 42.8 Å². The molecule has 3 aliphatic rings. The largest absolute Gasteiger partial charge is 0.477 e. The molecule has 0 saturated carbocycles. The van der Waals surface area contributed by atoms with E-state index in [1.54, 1.807) is 0 Å². The molecule has 3 fully saturated rings. The van der Waals surface area contributed by atoms with Gasteiger partial charge in [0.05, 0.1) is 50.7 Å². The number of carbonyl (C=O) groups is 3. The maximum atomic E-state index is 13.5. The molecule has 14 N–H and O–H groups in total. The first kappa shape index (κ1) is 85.0. The van der Waals surface area contributed by atoms with Crippen LogP contribution in [0.5, 0.6) is 0 Å². The summed E-state index contributed by atoms with van der Waals surface area (Å²) in [6.07, 6.45) is 19.5. The first-order chi connectivity index (χ1) is 44.9. The molecule has 23 heteroatoms. The van der Waals surface area contributed by atoms with Crippen molar-refractivity contribution in [2.45, 2.75) is 400 Å². The van der Waals surface area contributed by atoms with Crippen LogP contribution < -0.4 is 10.6 Å². The fraction of sp³-hybridized carbons (Fsp3) is 0.957. The van der Waals surface area contributed by atoms with Gasteiger partial charge in [-0.1, -0.05) is 258 Å². The van der Waals surface area contributed by atoms with E-state index < -0.39 is 148 Å². The highest BCUT2D eigenvalue weighted by Crippen LogP contribution is 2.39. The Morgan fingerprint density at radius 3 is 1.34 bits per heavy atom. The zero-order valence-corrected chi connectivity index (χ0v) is 57.4. The van der Waals surface area contributed by atoms with Gasteiger partial charge in [0.25, 0.3) is 5.79 Å².